The number of aryl methyl sites for hydroxylation is 1. The Kier molecular flexibility index (Phi) is 5.55. The molecule has 1 aromatic heterocycles. The predicted octanol–water partition coefficient (Wildman–Crippen LogP) is 6.17. The van der Waals surface area contributed by atoms with E-state index < -0.39 is 0 Å². The van der Waals surface area contributed by atoms with Crippen LogP contribution in [0.3, 0.4) is 0 Å². The monoisotopic (exact) mass is 363 g/mol. The number of carbonyl (C=O) groups is 1. The molecular weight excluding hydrogens is 341 g/mol. The molecule has 1 heterocycles. The molecule has 3 aromatic rings. The van der Waals surface area contributed by atoms with E-state index in [-0.39, 0.29) is 11.7 Å². The molecule has 0 saturated heterocycles. The Balaban J connectivity index is 1.75. The molecule has 1 N–H and O–H groups in total. The lowest BCUT2D eigenvalue weighted by atomic mass is 9.98. The Bertz CT molecular complexity index is 986. The van der Waals surface area contributed by atoms with Crippen LogP contribution in [0.2, 0.25) is 0 Å². The second-order valence-electron chi connectivity index (χ2n) is 6.70. The minimum absolute atomic E-state index is 0.241. The van der Waals surface area contributed by atoms with Crippen molar-refractivity contribution < 1.29 is 13.6 Å². The number of para-hydroxylation sites is 1. The van der Waals surface area contributed by atoms with Crippen LogP contribution in [0, 0.1) is 12.7 Å². The first kappa shape index (κ1) is 18.6. The number of rotatable bonds is 5. The van der Waals surface area contributed by atoms with Crippen molar-refractivity contribution in [1.82, 2.24) is 0 Å². The van der Waals surface area contributed by atoms with Crippen LogP contribution in [0.25, 0.3) is 17.4 Å². The van der Waals surface area contributed by atoms with Gasteiger partial charge in [0.1, 0.15) is 17.3 Å². The molecule has 3 rings (SSSR count). The average Bonchev–Trinajstić information content (AvgIpc) is 3.10. The maximum Gasteiger partial charge on any atom is 0.248 e. The third kappa shape index (κ3) is 4.34. The quantitative estimate of drug-likeness (QED) is 0.551. The number of halogens is 1. The molecule has 0 radical (unpaired) electrons. The summed E-state index contributed by atoms with van der Waals surface area (Å²) in [7, 11) is 0. The van der Waals surface area contributed by atoms with Gasteiger partial charge < -0.3 is 9.73 Å². The van der Waals surface area contributed by atoms with Crippen molar-refractivity contribution in [2.75, 3.05) is 5.32 Å². The van der Waals surface area contributed by atoms with Gasteiger partial charge in [0.2, 0.25) is 5.91 Å². The minimum Gasteiger partial charge on any atom is -0.457 e. The molecule has 138 valence electrons. The van der Waals surface area contributed by atoms with E-state index in [2.05, 4.69) is 19.2 Å². The van der Waals surface area contributed by atoms with Gasteiger partial charge >= 0.3 is 0 Å². The molecule has 2 aromatic carbocycles. The second-order valence-corrected chi connectivity index (χ2v) is 6.70. The Morgan fingerprint density at radius 2 is 1.85 bits per heavy atom. The average molecular weight is 363 g/mol. The fourth-order valence-electron chi connectivity index (χ4n) is 2.91. The molecule has 1 amide bonds. The van der Waals surface area contributed by atoms with Crippen molar-refractivity contribution in [3.05, 3.63) is 83.4 Å². The third-order valence-corrected chi connectivity index (χ3v) is 4.34. The molecular formula is C23H22FNO2. The van der Waals surface area contributed by atoms with Gasteiger partial charge in [0.05, 0.1) is 5.56 Å². The Morgan fingerprint density at radius 1 is 1.07 bits per heavy atom. The van der Waals surface area contributed by atoms with Crippen LogP contribution in [0.4, 0.5) is 10.1 Å². The SMILES string of the molecule is Cc1cccc(C(C)C)c1NC(=O)C=Cc1ccc(-c2ccccc2F)o1. The summed E-state index contributed by atoms with van der Waals surface area (Å²) in [6.45, 7) is 6.15. The zero-order valence-electron chi connectivity index (χ0n) is 15.6. The van der Waals surface area contributed by atoms with E-state index in [9.17, 15) is 9.18 Å². The lowest BCUT2D eigenvalue weighted by molar-refractivity contribution is -0.111. The van der Waals surface area contributed by atoms with Crippen molar-refractivity contribution in [3.8, 4) is 11.3 Å². The first-order valence-corrected chi connectivity index (χ1v) is 8.89. The van der Waals surface area contributed by atoms with E-state index in [0.29, 0.717) is 23.0 Å². The van der Waals surface area contributed by atoms with Crippen molar-refractivity contribution in [1.29, 1.82) is 0 Å². The van der Waals surface area contributed by atoms with E-state index in [0.717, 1.165) is 16.8 Å². The summed E-state index contributed by atoms with van der Waals surface area (Å²) in [5.41, 5.74) is 3.34. The molecule has 0 aliphatic heterocycles. The number of benzene rings is 2. The van der Waals surface area contributed by atoms with Gasteiger partial charge in [-0.2, -0.15) is 0 Å². The molecule has 0 saturated carbocycles. The maximum absolute atomic E-state index is 13.8. The van der Waals surface area contributed by atoms with Gasteiger partial charge in [-0.25, -0.2) is 4.39 Å². The zero-order valence-corrected chi connectivity index (χ0v) is 15.6. The predicted molar refractivity (Wildman–Crippen MR) is 107 cm³/mol. The number of anilines is 1. The van der Waals surface area contributed by atoms with Crippen molar-refractivity contribution in [3.63, 3.8) is 0 Å². The maximum atomic E-state index is 13.8. The number of furan rings is 1. The molecule has 0 spiro atoms. The van der Waals surface area contributed by atoms with Gasteiger partial charge in [0.25, 0.3) is 0 Å². The van der Waals surface area contributed by atoms with Crippen molar-refractivity contribution >= 4 is 17.7 Å². The van der Waals surface area contributed by atoms with Crippen LogP contribution in [0.15, 0.2) is 65.1 Å². The fourth-order valence-corrected chi connectivity index (χ4v) is 2.91. The molecule has 0 bridgehead atoms. The Hall–Kier alpha value is -3.14. The van der Waals surface area contributed by atoms with E-state index in [1.165, 1.54) is 12.1 Å². The lowest BCUT2D eigenvalue weighted by Gasteiger charge is -2.15. The van der Waals surface area contributed by atoms with E-state index >= 15 is 0 Å². The highest BCUT2D eigenvalue weighted by molar-refractivity contribution is 6.02. The summed E-state index contributed by atoms with van der Waals surface area (Å²) < 4.78 is 19.5. The molecule has 0 fully saturated rings. The molecule has 0 atom stereocenters. The van der Waals surface area contributed by atoms with Gasteiger partial charge in [-0.15, -0.1) is 0 Å². The highest BCUT2D eigenvalue weighted by atomic mass is 19.1. The van der Waals surface area contributed by atoms with Crippen LogP contribution >= 0.6 is 0 Å². The Labute approximate surface area is 158 Å². The third-order valence-electron chi connectivity index (χ3n) is 4.34. The number of carbonyl (C=O) groups excluding carboxylic acids is 1. The number of hydrogen-bond acceptors (Lipinski definition) is 2. The van der Waals surface area contributed by atoms with Gasteiger partial charge in [0, 0.05) is 11.8 Å². The van der Waals surface area contributed by atoms with Crippen LogP contribution in [0.5, 0.6) is 0 Å². The molecule has 0 aliphatic carbocycles. The van der Waals surface area contributed by atoms with E-state index in [4.69, 9.17) is 4.42 Å². The number of amides is 1. The summed E-state index contributed by atoms with van der Waals surface area (Å²) in [6, 6.07) is 15.8. The summed E-state index contributed by atoms with van der Waals surface area (Å²) in [5, 5.41) is 2.95. The first-order chi connectivity index (χ1) is 13.0. The normalized spacial score (nSPS) is 11.3. The summed E-state index contributed by atoms with van der Waals surface area (Å²) in [5.74, 6) is 0.625. The van der Waals surface area contributed by atoms with Crippen LogP contribution in [0.1, 0.15) is 36.7 Å². The molecule has 27 heavy (non-hydrogen) atoms. The molecule has 0 aliphatic rings. The first-order valence-electron chi connectivity index (χ1n) is 8.89. The summed E-state index contributed by atoms with van der Waals surface area (Å²) in [4.78, 5) is 12.3. The standard InChI is InChI=1S/C23H22FNO2/c1-15(2)18-9-6-7-16(3)23(18)25-22(26)14-12-17-11-13-21(27-17)19-8-4-5-10-20(19)24/h4-15H,1-3H3,(H,25,26). The van der Waals surface area contributed by atoms with E-state index in [1.807, 2.05) is 25.1 Å². The second kappa shape index (κ2) is 8.04. The summed E-state index contributed by atoms with van der Waals surface area (Å²) >= 11 is 0. The van der Waals surface area contributed by atoms with Crippen LogP contribution < -0.4 is 5.32 Å². The number of nitrogens with one attached hydrogen (secondary N) is 1. The highest BCUT2D eigenvalue weighted by Gasteiger charge is 2.11. The van der Waals surface area contributed by atoms with Gasteiger partial charge in [-0.1, -0.05) is 44.2 Å². The van der Waals surface area contributed by atoms with Gasteiger partial charge in [0.15, 0.2) is 0 Å². The van der Waals surface area contributed by atoms with Crippen molar-refractivity contribution in [2.45, 2.75) is 26.7 Å². The minimum atomic E-state index is -0.346. The van der Waals surface area contributed by atoms with Gasteiger partial charge in [-0.05, 0) is 54.3 Å². The molecule has 3 nitrogen and oxygen atoms in total. The fraction of sp³-hybridized carbons (Fsp3) is 0.174. The number of hydrogen-bond donors (Lipinski definition) is 1. The van der Waals surface area contributed by atoms with Crippen molar-refractivity contribution in [2.24, 2.45) is 0 Å². The molecule has 4 heteroatoms. The summed E-state index contributed by atoms with van der Waals surface area (Å²) in [6.07, 6.45) is 2.99. The van der Waals surface area contributed by atoms with Gasteiger partial charge in [-0.3, -0.25) is 4.79 Å². The smallest absolute Gasteiger partial charge is 0.248 e. The lowest BCUT2D eigenvalue weighted by Crippen LogP contribution is -2.11. The molecule has 0 unspecified atom stereocenters. The largest absolute Gasteiger partial charge is 0.457 e. The zero-order chi connectivity index (χ0) is 19.4. The highest BCUT2D eigenvalue weighted by Crippen LogP contribution is 2.28. The topological polar surface area (TPSA) is 42.2 Å². The van der Waals surface area contributed by atoms with Crippen LogP contribution in [-0.4, -0.2) is 5.91 Å². The Morgan fingerprint density at radius 3 is 2.59 bits per heavy atom. The van der Waals surface area contributed by atoms with E-state index in [1.54, 1.807) is 36.4 Å². The van der Waals surface area contributed by atoms with Crippen LogP contribution in [-0.2, 0) is 4.79 Å².